The first-order valence-electron chi connectivity index (χ1n) is 4.31. The zero-order valence-corrected chi connectivity index (χ0v) is 9.25. The molecule has 14 heavy (non-hydrogen) atoms. The Morgan fingerprint density at radius 1 is 1.29 bits per heavy atom. The van der Waals surface area contributed by atoms with Crippen LogP contribution in [0.2, 0.25) is 0 Å². The summed E-state index contributed by atoms with van der Waals surface area (Å²) in [5.41, 5.74) is 1.51. The summed E-state index contributed by atoms with van der Waals surface area (Å²) in [5, 5.41) is 19.2. The lowest BCUT2D eigenvalue weighted by molar-refractivity contribution is 0.0333. The van der Waals surface area contributed by atoms with Crippen LogP contribution < -0.4 is 0 Å². The average molecular weight is 233 g/mol. The molecule has 78 valence electrons. The van der Waals surface area contributed by atoms with Gasteiger partial charge in [-0.25, -0.2) is 0 Å². The fraction of sp³-hybridized carbons (Fsp3) is 0.400. The minimum absolute atomic E-state index is 0.220. The largest absolute Gasteiger partial charge is 0.389 e. The van der Waals surface area contributed by atoms with Gasteiger partial charge in [-0.15, -0.1) is 11.6 Å². The predicted molar refractivity (Wildman–Crippen MR) is 60.8 cm³/mol. The van der Waals surface area contributed by atoms with Crippen molar-refractivity contribution in [2.45, 2.75) is 18.1 Å². The molecular formula is C10H13ClO2S. The van der Waals surface area contributed by atoms with E-state index in [1.54, 1.807) is 12.1 Å². The van der Waals surface area contributed by atoms with Gasteiger partial charge in [-0.05, 0) is 11.1 Å². The van der Waals surface area contributed by atoms with Crippen LogP contribution in [0.25, 0.3) is 0 Å². The molecule has 1 aromatic rings. The molecule has 0 saturated heterocycles. The Bertz CT molecular complexity index is 293. The maximum Gasteiger partial charge on any atom is 0.106 e. The number of alkyl halides is 1. The molecule has 0 amide bonds. The molecule has 2 atom stereocenters. The van der Waals surface area contributed by atoms with E-state index in [-0.39, 0.29) is 5.75 Å². The summed E-state index contributed by atoms with van der Waals surface area (Å²) in [6.45, 7) is 0. The molecule has 0 saturated carbocycles. The fourth-order valence-corrected chi connectivity index (χ4v) is 1.69. The molecule has 2 unspecified atom stereocenters. The van der Waals surface area contributed by atoms with E-state index in [1.807, 2.05) is 12.1 Å². The molecule has 1 aromatic carbocycles. The van der Waals surface area contributed by atoms with Crippen LogP contribution in [0.3, 0.4) is 0 Å². The molecule has 2 nitrogen and oxygen atoms in total. The van der Waals surface area contributed by atoms with Crippen molar-refractivity contribution < 1.29 is 10.2 Å². The number of rotatable bonds is 4. The molecule has 1 rings (SSSR count). The molecule has 0 aromatic heterocycles. The molecule has 0 radical (unpaired) electrons. The molecule has 0 heterocycles. The quantitative estimate of drug-likeness (QED) is 0.547. The van der Waals surface area contributed by atoms with Gasteiger partial charge >= 0.3 is 0 Å². The number of hydrogen-bond acceptors (Lipinski definition) is 3. The molecule has 2 N–H and O–H groups in total. The highest BCUT2D eigenvalue weighted by Gasteiger charge is 2.18. The second-order valence-electron chi connectivity index (χ2n) is 3.03. The second kappa shape index (κ2) is 5.61. The van der Waals surface area contributed by atoms with E-state index in [4.69, 9.17) is 11.6 Å². The maximum absolute atomic E-state index is 9.74. The van der Waals surface area contributed by atoms with Gasteiger partial charge in [-0.3, -0.25) is 0 Å². The van der Waals surface area contributed by atoms with Crippen LogP contribution in [0.4, 0.5) is 0 Å². The minimum Gasteiger partial charge on any atom is -0.389 e. The molecule has 0 aliphatic heterocycles. The van der Waals surface area contributed by atoms with Gasteiger partial charge in [-0.1, -0.05) is 24.3 Å². The second-order valence-corrected chi connectivity index (χ2v) is 3.66. The van der Waals surface area contributed by atoms with E-state index >= 15 is 0 Å². The Morgan fingerprint density at radius 2 is 1.93 bits per heavy atom. The molecule has 0 aliphatic rings. The van der Waals surface area contributed by atoms with Crippen molar-refractivity contribution in [2.75, 3.05) is 5.75 Å². The van der Waals surface area contributed by atoms with Gasteiger partial charge in [-0.2, -0.15) is 12.6 Å². The smallest absolute Gasteiger partial charge is 0.106 e. The van der Waals surface area contributed by atoms with Crippen molar-refractivity contribution in [3.05, 3.63) is 35.4 Å². The SMILES string of the molecule is OC(CS)C(O)c1ccccc1CCl. The van der Waals surface area contributed by atoms with Gasteiger partial charge < -0.3 is 10.2 Å². The summed E-state index contributed by atoms with van der Waals surface area (Å²) in [7, 11) is 0. The van der Waals surface area contributed by atoms with Gasteiger partial charge in [0.25, 0.3) is 0 Å². The Labute approximate surface area is 93.9 Å². The van der Waals surface area contributed by atoms with Gasteiger partial charge in [0, 0.05) is 11.6 Å². The van der Waals surface area contributed by atoms with Crippen molar-refractivity contribution in [1.29, 1.82) is 0 Å². The van der Waals surface area contributed by atoms with Crippen molar-refractivity contribution in [2.24, 2.45) is 0 Å². The number of benzene rings is 1. The number of hydrogen-bond donors (Lipinski definition) is 3. The summed E-state index contributed by atoms with van der Waals surface area (Å²) < 4.78 is 0. The molecule has 0 fully saturated rings. The van der Waals surface area contributed by atoms with E-state index < -0.39 is 12.2 Å². The van der Waals surface area contributed by atoms with Crippen molar-refractivity contribution in [3.8, 4) is 0 Å². The normalized spacial score (nSPS) is 15.1. The Morgan fingerprint density at radius 3 is 2.50 bits per heavy atom. The van der Waals surface area contributed by atoms with E-state index in [2.05, 4.69) is 12.6 Å². The number of halogens is 1. The summed E-state index contributed by atoms with van der Waals surface area (Å²) in [6, 6.07) is 7.24. The van der Waals surface area contributed by atoms with Crippen molar-refractivity contribution in [1.82, 2.24) is 0 Å². The summed E-state index contributed by atoms with van der Waals surface area (Å²) in [4.78, 5) is 0. The first-order valence-corrected chi connectivity index (χ1v) is 5.48. The minimum atomic E-state index is -0.914. The summed E-state index contributed by atoms with van der Waals surface area (Å²) >= 11 is 9.64. The molecule has 4 heteroatoms. The first kappa shape index (κ1) is 11.9. The standard InChI is InChI=1S/C10H13ClO2S/c11-5-7-3-1-2-4-8(7)10(13)9(12)6-14/h1-4,9-10,12-14H,5-6H2. The van der Waals surface area contributed by atoms with E-state index in [0.29, 0.717) is 11.4 Å². The van der Waals surface area contributed by atoms with Crippen molar-refractivity contribution >= 4 is 24.2 Å². The lowest BCUT2D eigenvalue weighted by atomic mass is 10.0. The predicted octanol–water partition coefficient (Wildman–Crippen LogP) is 1.75. The Balaban J connectivity index is 2.93. The van der Waals surface area contributed by atoms with E-state index in [1.165, 1.54) is 0 Å². The molecule has 0 aliphatic carbocycles. The first-order chi connectivity index (χ1) is 6.70. The zero-order valence-electron chi connectivity index (χ0n) is 7.60. The van der Waals surface area contributed by atoms with Crippen LogP contribution in [-0.4, -0.2) is 22.1 Å². The average Bonchev–Trinajstić information content (AvgIpc) is 2.26. The molecule has 0 bridgehead atoms. The topological polar surface area (TPSA) is 40.5 Å². The van der Waals surface area contributed by atoms with E-state index in [0.717, 1.165) is 5.56 Å². The highest BCUT2D eigenvalue weighted by molar-refractivity contribution is 7.80. The maximum atomic E-state index is 9.74. The van der Waals surface area contributed by atoms with Crippen LogP contribution in [-0.2, 0) is 5.88 Å². The summed E-state index contributed by atoms with van der Waals surface area (Å²) in [5.74, 6) is 0.546. The lowest BCUT2D eigenvalue weighted by Crippen LogP contribution is -2.20. The van der Waals surface area contributed by atoms with E-state index in [9.17, 15) is 10.2 Å². The number of aliphatic hydroxyl groups is 2. The van der Waals surface area contributed by atoms with Gasteiger partial charge in [0.2, 0.25) is 0 Å². The molecular weight excluding hydrogens is 220 g/mol. The highest BCUT2D eigenvalue weighted by Crippen LogP contribution is 2.22. The third kappa shape index (κ3) is 2.64. The molecule has 0 spiro atoms. The monoisotopic (exact) mass is 232 g/mol. The lowest BCUT2D eigenvalue weighted by Gasteiger charge is -2.18. The van der Waals surface area contributed by atoms with Crippen LogP contribution in [0, 0.1) is 0 Å². The van der Waals surface area contributed by atoms with Crippen LogP contribution in [0.1, 0.15) is 17.2 Å². The summed E-state index contributed by atoms with van der Waals surface area (Å²) in [6.07, 6.45) is -1.77. The Hall–Kier alpha value is -0.220. The van der Waals surface area contributed by atoms with Crippen molar-refractivity contribution in [3.63, 3.8) is 0 Å². The third-order valence-corrected chi connectivity index (χ3v) is 2.73. The van der Waals surface area contributed by atoms with Crippen LogP contribution in [0.15, 0.2) is 24.3 Å². The van der Waals surface area contributed by atoms with Crippen LogP contribution in [0.5, 0.6) is 0 Å². The zero-order chi connectivity index (χ0) is 10.6. The Kier molecular flexibility index (Phi) is 4.75. The fourth-order valence-electron chi connectivity index (χ4n) is 1.25. The highest BCUT2D eigenvalue weighted by atomic mass is 35.5. The number of aliphatic hydroxyl groups excluding tert-OH is 2. The van der Waals surface area contributed by atoms with Crippen LogP contribution >= 0.6 is 24.2 Å². The number of thiol groups is 1. The van der Waals surface area contributed by atoms with Gasteiger partial charge in [0.15, 0.2) is 0 Å². The third-order valence-electron chi connectivity index (χ3n) is 2.07. The van der Waals surface area contributed by atoms with Gasteiger partial charge in [0.05, 0.1) is 6.10 Å². The van der Waals surface area contributed by atoms with Gasteiger partial charge in [0.1, 0.15) is 6.10 Å².